The molecule has 0 radical (unpaired) electrons. The molecule has 0 saturated carbocycles. The highest BCUT2D eigenvalue weighted by Crippen LogP contribution is 2.35. The number of hydrogen-bond donors (Lipinski definition) is 0. The number of fused-ring (bicyclic) bond motifs is 1. The summed E-state index contributed by atoms with van der Waals surface area (Å²) in [5.74, 6) is -2.13. The van der Waals surface area contributed by atoms with Crippen molar-refractivity contribution in [3.8, 4) is 0 Å². The lowest BCUT2D eigenvalue weighted by Gasteiger charge is -2.15. The Morgan fingerprint density at radius 2 is 1.67 bits per heavy atom. The summed E-state index contributed by atoms with van der Waals surface area (Å²) in [6.07, 6.45) is -0.992. The molecule has 2 atom stereocenters. The molecule has 2 aromatic carbocycles. The third-order valence-electron chi connectivity index (χ3n) is 4.04. The van der Waals surface area contributed by atoms with Gasteiger partial charge >= 0.3 is 0 Å². The average molecular weight is 345 g/mol. The Kier molecular flexibility index (Phi) is 3.35. The SMILES string of the molecule is O=C1[C@H]2C(c3ccc(F)cc3)=NO[C@@H]2C(=O)N1c1ccc(Cl)cc1. The zero-order chi connectivity index (χ0) is 16.8. The molecule has 120 valence electrons. The van der Waals surface area contributed by atoms with Gasteiger partial charge in [0.2, 0.25) is 12.0 Å². The molecule has 2 aliphatic rings. The summed E-state index contributed by atoms with van der Waals surface area (Å²) in [5.41, 5.74) is 1.30. The normalized spacial score (nSPS) is 22.4. The first kappa shape index (κ1) is 14.8. The van der Waals surface area contributed by atoms with Crippen molar-refractivity contribution in [2.45, 2.75) is 6.10 Å². The number of carbonyl (C=O) groups is 2. The van der Waals surface area contributed by atoms with E-state index in [1.807, 2.05) is 0 Å². The van der Waals surface area contributed by atoms with Crippen LogP contribution in [0.4, 0.5) is 10.1 Å². The van der Waals surface area contributed by atoms with Crippen LogP contribution in [0, 0.1) is 11.7 Å². The molecule has 0 unspecified atom stereocenters. The highest BCUT2D eigenvalue weighted by atomic mass is 35.5. The number of amides is 2. The van der Waals surface area contributed by atoms with Crippen LogP contribution in [-0.4, -0.2) is 23.6 Å². The van der Waals surface area contributed by atoms with E-state index in [0.29, 0.717) is 22.0 Å². The fourth-order valence-electron chi connectivity index (χ4n) is 2.88. The maximum atomic E-state index is 13.1. The molecule has 1 fully saturated rings. The largest absolute Gasteiger partial charge is 0.381 e. The molecule has 2 heterocycles. The monoisotopic (exact) mass is 344 g/mol. The first-order valence-electron chi connectivity index (χ1n) is 7.19. The van der Waals surface area contributed by atoms with Crippen LogP contribution in [0.5, 0.6) is 0 Å². The van der Waals surface area contributed by atoms with Crippen molar-refractivity contribution in [3.05, 3.63) is 64.9 Å². The highest BCUT2D eigenvalue weighted by Gasteiger charge is 2.56. The lowest BCUT2D eigenvalue weighted by molar-refractivity contribution is -0.126. The van der Waals surface area contributed by atoms with Gasteiger partial charge in [-0.3, -0.25) is 9.59 Å². The van der Waals surface area contributed by atoms with Gasteiger partial charge in [0.15, 0.2) is 0 Å². The van der Waals surface area contributed by atoms with Gasteiger partial charge in [0.1, 0.15) is 17.4 Å². The Bertz CT molecular complexity index is 864. The van der Waals surface area contributed by atoms with Gasteiger partial charge in [-0.1, -0.05) is 28.9 Å². The molecule has 0 bridgehead atoms. The molecule has 0 spiro atoms. The Hall–Kier alpha value is -2.73. The second-order valence-electron chi connectivity index (χ2n) is 5.48. The Balaban J connectivity index is 1.69. The van der Waals surface area contributed by atoms with Gasteiger partial charge in [-0.15, -0.1) is 0 Å². The van der Waals surface area contributed by atoms with E-state index in [-0.39, 0.29) is 0 Å². The fraction of sp³-hybridized carbons (Fsp3) is 0.118. The Labute approximate surface area is 141 Å². The van der Waals surface area contributed by atoms with Crippen molar-refractivity contribution < 1.29 is 18.8 Å². The fourth-order valence-corrected chi connectivity index (χ4v) is 3.01. The lowest BCUT2D eigenvalue weighted by Crippen LogP contribution is -2.33. The van der Waals surface area contributed by atoms with E-state index in [0.717, 1.165) is 4.90 Å². The van der Waals surface area contributed by atoms with Gasteiger partial charge in [0.05, 0.1) is 5.69 Å². The van der Waals surface area contributed by atoms with Gasteiger partial charge in [0, 0.05) is 10.6 Å². The lowest BCUT2D eigenvalue weighted by atomic mass is 9.94. The van der Waals surface area contributed by atoms with Crippen molar-refractivity contribution in [1.82, 2.24) is 0 Å². The molecular weight excluding hydrogens is 335 g/mol. The van der Waals surface area contributed by atoms with Crippen LogP contribution >= 0.6 is 11.6 Å². The van der Waals surface area contributed by atoms with Gasteiger partial charge in [-0.25, -0.2) is 9.29 Å². The van der Waals surface area contributed by atoms with E-state index in [9.17, 15) is 14.0 Å². The van der Waals surface area contributed by atoms with Crippen molar-refractivity contribution in [2.24, 2.45) is 11.1 Å². The van der Waals surface area contributed by atoms with Crippen LogP contribution < -0.4 is 4.90 Å². The number of oxime groups is 1. The zero-order valence-electron chi connectivity index (χ0n) is 12.1. The predicted octanol–water partition coefficient (Wildman–Crippen LogP) is 2.77. The molecule has 0 aromatic heterocycles. The average Bonchev–Trinajstić information content (AvgIpc) is 3.11. The number of rotatable bonds is 2. The molecule has 2 amide bonds. The summed E-state index contributed by atoms with van der Waals surface area (Å²) in [6.45, 7) is 0. The van der Waals surface area contributed by atoms with Crippen LogP contribution in [0.1, 0.15) is 5.56 Å². The topological polar surface area (TPSA) is 59.0 Å². The summed E-state index contributed by atoms with van der Waals surface area (Å²) in [5, 5.41) is 4.37. The Morgan fingerprint density at radius 3 is 2.33 bits per heavy atom. The van der Waals surface area contributed by atoms with E-state index in [4.69, 9.17) is 16.4 Å². The molecule has 2 aliphatic heterocycles. The summed E-state index contributed by atoms with van der Waals surface area (Å²) >= 11 is 5.84. The van der Waals surface area contributed by atoms with Gasteiger partial charge < -0.3 is 4.84 Å². The molecule has 1 saturated heterocycles. The van der Waals surface area contributed by atoms with Crippen molar-refractivity contribution in [2.75, 3.05) is 4.90 Å². The number of benzene rings is 2. The van der Waals surface area contributed by atoms with Crippen molar-refractivity contribution in [1.29, 1.82) is 0 Å². The van der Waals surface area contributed by atoms with E-state index < -0.39 is 29.7 Å². The maximum Gasteiger partial charge on any atom is 0.278 e. The molecule has 2 aromatic rings. The van der Waals surface area contributed by atoms with Crippen LogP contribution in [0.15, 0.2) is 53.7 Å². The van der Waals surface area contributed by atoms with Crippen LogP contribution in [0.3, 0.4) is 0 Å². The minimum absolute atomic E-state index is 0.329. The smallest absolute Gasteiger partial charge is 0.278 e. The quantitative estimate of drug-likeness (QED) is 0.787. The highest BCUT2D eigenvalue weighted by molar-refractivity contribution is 6.33. The van der Waals surface area contributed by atoms with E-state index in [2.05, 4.69) is 5.16 Å². The molecule has 24 heavy (non-hydrogen) atoms. The molecule has 0 N–H and O–H groups in total. The third-order valence-corrected chi connectivity index (χ3v) is 4.29. The molecular formula is C17H10ClFN2O3. The number of anilines is 1. The van der Waals surface area contributed by atoms with Gasteiger partial charge in [0.25, 0.3) is 5.91 Å². The number of imide groups is 1. The minimum atomic E-state index is -0.992. The Morgan fingerprint density at radius 1 is 1.00 bits per heavy atom. The number of nitrogens with zero attached hydrogens (tertiary/aromatic N) is 2. The van der Waals surface area contributed by atoms with Gasteiger partial charge in [-0.05, 0) is 36.4 Å². The first-order chi connectivity index (χ1) is 11.6. The molecule has 7 heteroatoms. The van der Waals surface area contributed by atoms with E-state index in [1.165, 1.54) is 24.3 Å². The van der Waals surface area contributed by atoms with Crippen LogP contribution in [-0.2, 0) is 14.4 Å². The number of halogens is 2. The standard InChI is InChI=1S/C17H10ClFN2O3/c18-10-3-7-12(8-4-10)21-16(22)13-14(20-24-15(13)17(21)23)9-1-5-11(19)6-2-9/h1-8,13,15H/t13-,15-/m0/s1. The molecule has 0 aliphatic carbocycles. The maximum absolute atomic E-state index is 13.1. The van der Waals surface area contributed by atoms with Crippen molar-refractivity contribution in [3.63, 3.8) is 0 Å². The van der Waals surface area contributed by atoms with Gasteiger partial charge in [-0.2, -0.15) is 0 Å². The zero-order valence-corrected chi connectivity index (χ0v) is 12.9. The van der Waals surface area contributed by atoms with Crippen LogP contribution in [0.25, 0.3) is 0 Å². The summed E-state index contributed by atoms with van der Waals surface area (Å²) in [6, 6.07) is 11.9. The summed E-state index contributed by atoms with van der Waals surface area (Å²) < 4.78 is 13.1. The summed E-state index contributed by atoms with van der Waals surface area (Å²) in [4.78, 5) is 31.6. The predicted molar refractivity (Wildman–Crippen MR) is 85.2 cm³/mol. The second kappa shape index (κ2) is 5.42. The number of hydrogen-bond acceptors (Lipinski definition) is 4. The third kappa shape index (κ3) is 2.18. The molecule has 5 nitrogen and oxygen atoms in total. The minimum Gasteiger partial charge on any atom is -0.381 e. The summed E-state index contributed by atoms with van der Waals surface area (Å²) in [7, 11) is 0. The number of carbonyl (C=O) groups excluding carboxylic acids is 2. The molecule has 4 rings (SSSR count). The second-order valence-corrected chi connectivity index (χ2v) is 5.91. The van der Waals surface area contributed by atoms with E-state index in [1.54, 1.807) is 24.3 Å². The van der Waals surface area contributed by atoms with E-state index >= 15 is 0 Å². The van der Waals surface area contributed by atoms with Crippen LogP contribution in [0.2, 0.25) is 5.02 Å². The first-order valence-corrected chi connectivity index (χ1v) is 7.57. The van der Waals surface area contributed by atoms with Crippen molar-refractivity contribution >= 4 is 34.8 Å².